The third-order valence-electron chi connectivity index (χ3n) is 2.62. The van der Waals surface area contributed by atoms with E-state index in [1.807, 2.05) is 6.08 Å². The molecule has 0 aliphatic carbocycles. The van der Waals surface area contributed by atoms with Crippen LogP contribution in [0.25, 0.3) is 0 Å². The van der Waals surface area contributed by atoms with Crippen molar-refractivity contribution in [1.29, 1.82) is 0 Å². The molecule has 94 valence electrons. The molecule has 0 saturated heterocycles. The van der Waals surface area contributed by atoms with Gasteiger partial charge in [0.15, 0.2) is 0 Å². The number of hydrogen-bond donors (Lipinski definition) is 1. The molecule has 17 heavy (non-hydrogen) atoms. The molecule has 0 fully saturated rings. The maximum Gasteiger partial charge on any atom is 0.124 e. The average molecular weight is 256 g/mol. The number of hydrogen-bond acceptors (Lipinski definition) is 1. The summed E-state index contributed by atoms with van der Waals surface area (Å²) in [6.45, 7) is 6.85. The first-order valence-electron chi connectivity index (χ1n) is 5.95. The monoisotopic (exact) mass is 255 g/mol. The smallest absolute Gasteiger partial charge is 0.124 e. The lowest BCUT2D eigenvalue weighted by atomic mass is 10.0. The van der Waals surface area contributed by atoms with Crippen molar-refractivity contribution in [1.82, 2.24) is 5.32 Å². The summed E-state index contributed by atoms with van der Waals surface area (Å²) in [6.07, 6.45) is 4.66. The SMILES string of the molecule is C=CCC(Cc1ccc(F)cc1Cl)NCCC. The first kappa shape index (κ1) is 14.2. The molecule has 0 amide bonds. The first-order chi connectivity index (χ1) is 8.17. The van der Waals surface area contributed by atoms with E-state index in [1.165, 1.54) is 12.1 Å². The molecule has 0 spiro atoms. The minimum Gasteiger partial charge on any atom is -0.313 e. The predicted molar refractivity (Wildman–Crippen MR) is 72.0 cm³/mol. The minimum absolute atomic E-state index is 0.291. The Hall–Kier alpha value is -0.860. The zero-order valence-corrected chi connectivity index (χ0v) is 10.9. The largest absolute Gasteiger partial charge is 0.313 e. The molecule has 1 atom stereocenters. The normalized spacial score (nSPS) is 12.4. The highest BCUT2D eigenvalue weighted by molar-refractivity contribution is 6.31. The third kappa shape index (κ3) is 4.88. The quantitative estimate of drug-likeness (QED) is 0.727. The highest BCUT2D eigenvalue weighted by atomic mass is 35.5. The summed E-state index contributed by atoms with van der Waals surface area (Å²) in [6, 6.07) is 4.88. The third-order valence-corrected chi connectivity index (χ3v) is 2.97. The molecule has 1 aromatic carbocycles. The summed E-state index contributed by atoms with van der Waals surface area (Å²) in [5, 5.41) is 3.93. The van der Waals surface area contributed by atoms with Gasteiger partial charge in [-0.1, -0.05) is 30.7 Å². The van der Waals surface area contributed by atoms with Gasteiger partial charge < -0.3 is 5.32 Å². The molecular formula is C14H19ClFN. The van der Waals surface area contributed by atoms with E-state index in [2.05, 4.69) is 18.8 Å². The van der Waals surface area contributed by atoms with Crippen molar-refractivity contribution in [3.05, 3.63) is 47.3 Å². The van der Waals surface area contributed by atoms with E-state index in [1.54, 1.807) is 6.07 Å². The van der Waals surface area contributed by atoms with Gasteiger partial charge in [-0.2, -0.15) is 0 Å². The van der Waals surface area contributed by atoms with E-state index in [-0.39, 0.29) is 5.82 Å². The molecule has 0 heterocycles. The molecule has 0 aliphatic heterocycles. The Balaban J connectivity index is 2.67. The molecule has 1 aromatic rings. The maximum absolute atomic E-state index is 12.9. The molecule has 0 radical (unpaired) electrons. The van der Waals surface area contributed by atoms with Gasteiger partial charge in [0, 0.05) is 11.1 Å². The molecule has 1 unspecified atom stereocenters. The van der Waals surface area contributed by atoms with Gasteiger partial charge in [-0.05, 0) is 43.5 Å². The van der Waals surface area contributed by atoms with Crippen LogP contribution < -0.4 is 5.32 Å². The fraction of sp³-hybridized carbons (Fsp3) is 0.429. The molecule has 1 nitrogen and oxygen atoms in total. The van der Waals surface area contributed by atoms with E-state index in [0.29, 0.717) is 11.1 Å². The van der Waals surface area contributed by atoms with Crippen LogP contribution in [0.1, 0.15) is 25.3 Å². The summed E-state index contributed by atoms with van der Waals surface area (Å²) in [4.78, 5) is 0. The van der Waals surface area contributed by atoms with Crippen molar-refractivity contribution < 1.29 is 4.39 Å². The lowest BCUT2D eigenvalue weighted by Gasteiger charge is -2.17. The lowest BCUT2D eigenvalue weighted by molar-refractivity contribution is 0.511. The predicted octanol–water partition coefficient (Wildman–Crippen LogP) is 3.97. The number of rotatable bonds is 7. The van der Waals surface area contributed by atoms with Crippen LogP contribution in [0.5, 0.6) is 0 Å². The van der Waals surface area contributed by atoms with E-state index < -0.39 is 0 Å². The zero-order valence-electron chi connectivity index (χ0n) is 10.2. The van der Waals surface area contributed by atoms with Gasteiger partial charge in [-0.3, -0.25) is 0 Å². The van der Waals surface area contributed by atoms with Crippen LogP contribution in [0.2, 0.25) is 5.02 Å². The summed E-state index contributed by atoms with van der Waals surface area (Å²) < 4.78 is 12.9. The Morgan fingerprint density at radius 2 is 2.29 bits per heavy atom. The molecule has 0 aromatic heterocycles. The fourth-order valence-corrected chi connectivity index (χ4v) is 1.99. The Kier molecular flexibility index (Phi) is 6.23. The number of benzene rings is 1. The van der Waals surface area contributed by atoms with Gasteiger partial charge in [0.25, 0.3) is 0 Å². The van der Waals surface area contributed by atoms with Gasteiger partial charge in [0.1, 0.15) is 5.82 Å². The molecule has 0 aliphatic rings. The Morgan fingerprint density at radius 3 is 2.88 bits per heavy atom. The molecule has 1 N–H and O–H groups in total. The summed E-state index contributed by atoms with van der Waals surface area (Å²) in [5.74, 6) is -0.291. The second kappa shape index (κ2) is 7.46. The van der Waals surface area contributed by atoms with Crippen LogP contribution in [0.4, 0.5) is 4.39 Å². The molecule has 0 bridgehead atoms. The van der Waals surface area contributed by atoms with Crippen LogP contribution in [0.3, 0.4) is 0 Å². The number of halogens is 2. The van der Waals surface area contributed by atoms with Crippen molar-refractivity contribution in [3.8, 4) is 0 Å². The van der Waals surface area contributed by atoms with Crippen molar-refractivity contribution in [2.24, 2.45) is 0 Å². The van der Waals surface area contributed by atoms with Crippen molar-refractivity contribution in [2.45, 2.75) is 32.2 Å². The highest BCUT2D eigenvalue weighted by Gasteiger charge is 2.10. The van der Waals surface area contributed by atoms with Crippen LogP contribution >= 0.6 is 11.6 Å². The van der Waals surface area contributed by atoms with Gasteiger partial charge in [0.2, 0.25) is 0 Å². The van der Waals surface area contributed by atoms with Crippen molar-refractivity contribution >= 4 is 11.6 Å². The standard InChI is InChI=1S/C14H19ClFN/c1-3-5-13(17-8-4-2)9-11-6-7-12(16)10-14(11)15/h3,6-7,10,13,17H,1,4-5,8-9H2,2H3. The second-order valence-electron chi connectivity index (χ2n) is 4.12. The summed E-state index contributed by atoms with van der Waals surface area (Å²) >= 11 is 6.01. The highest BCUT2D eigenvalue weighted by Crippen LogP contribution is 2.19. The van der Waals surface area contributed by atoms with Crippen LogP contribution in [-0.4, -0.2) is 12.6 Å². The molecule has 1 rings (SSSR count). The summed E-state index contributed by atoms with van der Waals surface area (Å²) in [5.41, 5.74) is 0.975. The molecular weight excluding hydrogens is 237 g/mol. The minimum atomic E-state index is -0.291. The van der Waals surface area contributed by atoms with Crippen molar-refractivity contribution in [2.75, 3.05) is 6.54 Å². The maximum atomic E-state index is 12.9. The topological polar surface area (TPSA) is 12.0 Å². The van der Waals surface area contributed by atoms with Gasteiger partial charge in [0.05, 0.1) is 0 Å². The van der Waals surface area contributed by atoms with E-state index in [4.69, 9.17) is 11.6 Å². The van der Waals surface area contributed by atoms with E-state index in [0.717, 1.165) is 31.4 Å². The summed E-state index contributed by atoms with van der Waals surface area (Å²) in [7, 11) is 0. The molecule has 3 heteroatoms. The van der Waals surface area contributed by atoms with Crippen LogP contribution in [0, 0.1) is 5.82 Å². The average Bonchev–Trinajstić information content (AvgIpc) is 2.29. The van der Waals surface area contributed by atoms with Crippen LogP contribution in [0.15, 0.2) is 30.9 Å². The van der Waals surface area contributed by atoms with Gasteiger partial charge >= 0.3 is 0 Å². The Morgan fingerprint density at radius 1 is 1.53 bits per heavy atom. The Bertz CT molecular complexity index is 365. The van der Waals surface area contributed by atoms with Gasteiger partial charge in [-0.25, -0.2) is 4.39 Å². The zero-order chi connectivity index (χ0) is 12.7. The molecule has 0 saturated carbocycles. The van der Waals surface area contributed by atoms with E-state index >= 15 is 0 Å². The second-order valence-corrected chi connectivity index (χ2v) is 4.52. The van der Waals surface area contributed by atoms with Crippen molar-refractivity contribution in [3.63, 3.8) is 0 Å². The Labute approximate surface area is 108 Å². The van der Waals surface area contributed by atoms with Gasteiger partial charge in [-0.15, -0.1) is 6.58 Å². The lowest BCUT2D eigenvalue weighted by Crippen LogP contribution is -2.31. The van der Waals surface area contributed by atoms with E-state index in [9.17, 15) is 4.39 Å². The first-order valence-corrected chi connectivity index (χ1v) is 6.33. The fourth-order valence-electron chi connectivity index (χ4n) is 1.74. The number of nitrogens with one attached hydrogen (secondary N) is 1. The van der Waals surface area contributed by atoms with Crippen LogP contribution in [-0.2, 0) is 6.42 Å².